The summed E-state index contributed by atoms with van der Waals surface area (Å²) in [7, 11) is 0.207. The van der Waals surface area contributed by atoms with Crippen LogP contribution in [0.4, 0.5) is 4.79 Å². The lowest BCUT2D eigenvalue weighted by Crippen LogP contribution is -2.34. The quantitative estimate of drug-likeness (QED) is 0.479. The van der Waals surface area contributed by atoms with E-state index >= 15 is 0 Å². The van der Waals surface area contributed by atoms with E-state index in [4.69, 9.17) is 18.9 Å². The first-order valence-corrected chi connectivity index (χ1v) is 11.9. The van der Waals surface area contributed by atoms with Crippen molar-refractivity contribution in [3.63, 3.8) is 0 Å². The minimum atomic E-state index is -4.08. The number of aryl methyl sites for hydroxylation is 1. The summed E-state index contributed by atoms with van der Waals surface area (Å²) in [5.41, 5.74) is 1.88. The molecule has 0 radical (unpaired) electrons. The fraction of sp³-hybridized carbons (Fsp3) is 0.240. The molecule has 34 heavy (non-hydrogen) atoms. The van der Waals surface area contributed by atoms with Crippen LogP contribution < -0.4 is 19.5 Å². The first kappa shape index (κ1) is 24.9. The molecule has 0 saturated carbocycles. The second-order valence-corrected chi connectivity index (χ2v) is 9.44. The second kappa shape index (κ2) is 10.9. The molecule has 0 fully saturated rings. The molecule has 8 nitrogen and oxygen atoms in total. The zero-order valence-corrected chi connectivity index (χ0v) is 20.2. The summed E-state index contributed by atoms with van der Waals surface area (Å²) in [6, 6.07) is 18.4. The molecule has 3 aromatic carbocycles. The molecule has 0 aliphatic heterocycles. The van der Waals surface area contributed by atoms with Gasteiger partial charge in [0.15, 0.2) is 16.9 Å². The zero-order chi connectivity index (χ0) is 24.7. The Morgan fingerprint density at radius 3 is 2.00 bits per heavy atom. The van der Waals surface area contributed by atoms with Crippen molar-refractivity contribution < 1.29 is 32.2 Å². The molecular formula is C25H27NO7S. The predicted molar refractivity (Wildman–Crippen MR) is 127 cm³/mol. The van der Waals surface area contributed by atoms with Gasteiger partial charge in [0, 0.05) is 0 Å². The van der Waals surface area contributed by atoms with Crippen LogP contribution in [0.15, 0.2) is 71.6 Å². The van der Waals surface area contributed by atoms with Crippen LogP contribution in [0.25, 0.3) is 0 Å². The smallest absolute Gasteiger partial charge is 0.408 e. The first-order valence-electron chi connectivity index (χ1n) is 10.4. The Bertz CT molecular complexity index is 1200. The van der Waals surface area contributed by atoms with E-state index in [0.717, 1.165) is 11.1 Å². The number of sulfone groups is 1. The van der Waals surface area contributed by atoms with Crippen LogP contribution in [0.5, 0.6) is 17.2 Å². The van der Waals surface area contributed by atoms with Gasteiger partial charge in [-0.15, -0.1) is 0 Å². The number of hydrogen-bond donors (Lipinski definition) is 1. The van der Waals surface area contributed by atoms with Gasteiger partial charge < -0.3 is 24.3 Å². The maximum atomic E-state index is 13.6. The third kappa shape index (κ3) is 5.60. The van der Waals surface area contributed by atoms with Crippen LogP contribution in [0.3, 0.4) is 0 Å². The molecule has 180 valence electrons. The molecule has 0 aliphatic rings. The van der Waals surface area contributed by atoms with E-state index in [1.165, 1.54) is 45.6 Å². The lowest BCUT2D eigenvalue weighted by atomic mass is 10.1. The van der Waals surface area contributed by atoms with E-state index in [1.807, 2.05) is 25.1 Å². The molecule has 1 amide bonds. The third-order valence-electron chi connectivity index (χ3n) is 5.11. The topological polar surface area (TPSA) is 100 Å². The summed E-state index contributed by atoms with van der Waals surface area (Å²) in [5.74, 6) is 0.799. The van der Waals surface area contributed by atoms with Crippen molar-refractivity contribution in [2.75, 3.05) is 21.3 Å². The van der Waals surface area contributed by atoms with Gasteiger partial charge in [-0.25, -0.2) is 13.2 Å². The summed E-state index contributed by atoms with van der Waals surface area (Å²) in [6.07, 6.45) is -0.890. The van der Waals surface area contributed by atoms with Gasteiger partial charge in [0.2, 0.25) is 15.6 Å². The van der Waals surface area contributed by atoms with Gasteiger partial charge in [-0.1, -0.05) is 48.0 Å². The molecule has 0 aliphatic carbocycles. The molecule has 3 rings (SSSR count). The Kier molecular flexibility index (Phi) is 8.01. The van der Waals surface area contributed by atoms with Crippen molar-refractivity contribution >= 4 is 15.9 Å². The number of nitrogens with one attached hydrogen (secondary N) is 1. The summed E-state index contributed by atoms with van der Waals surface area (Å²) in [5, 5.41) is 1.02. The molecule has 9 heteroatoms. The summed E-state index contributed by atoms with van der Waals surface area (Å²) in [4.78, 5) is 12.7. The molecule has 0 saturated heterocycles. The number of hydrogen-bond acceptors (Lipinski definition) is 7. The molecule has 0 bridgehead atoms. The number of alkyl carbamates (subject to hydrolysis) is 1. The zero-order valence-electron chi connectivity index (χ0n) is 19.4. The minimum Gasteiger partial charge on any atom is -0.493 e. The van der Waals surface area contributed by atoms with Crippen LogP contribution in [-0.2, 0) is 21.2 Å². The van der Waals surface area contributed by atoms with Crippen LogP contribution in [-0.4, -0.2) is 35.8 Å². The highest BCUT2D eigenvalue weighted by atomic mass is 32.2. The highest BCUT2D eigenvalue weighted by molar-refractivity contribution is 7.91. The molecule has 1 N–H and O–H groups in total. The first-order chi connectivity index (χ1) is 16.3. The lowest BCUT2D eigenvalue weighted by molar-refractivity contribution is 0.138. The number of methoxy groups -OCH3 is 3. The number of carbonyl (C=O) groups is 1. The second-order valence-electron chi connectivity index (χ2n) is 7.40. The average molecular weight is 486 g/mol. The standard InChI is InChI=1S/C25H27NO7S/c1-17-10-12-20(13-11-17)34(28,29)24(26-25(27)33-16-18-8-6-5-7-9-18)19-14-21(30-2)23(32-4)22(15-19)31-3/h5-15,24H,16H2,1-4H3,(H,26,27). The number of ether oxygens (including phenoxy) is 4. The Balaban J connectivity index is 2.01. The van der Waals surface area contributed by atoms with Gasteiger partial charge >= 0.3 is 6.09 Å². The van der Waals surface area contributed by atoms with E-state index in [1.54, 1.807) is 24.3 Å². The normalized spacial score (nSPS) is 11.9. The van der Waals surface area contributed by atoms with Gasteiger partial charge in [0.25, 0.3) is 0 Å². The highest BCUT2D eigenvalue weighted by Gasteiger charge is 2.33. The number of amides is 1. The summed E-state index contributed by atoms with van der Waals surface area (Å²) in [6.45, 7) is 1.84. The molecule has 0 spiro atoms. The molecular weight excluding hydrogens is 458 g/mol. The van der Waals surface area contributed by atoms with Crippen molar-refractivity contribution in [3.05, 3.63) is 83.4 Å². The van der Waals surface area contributed by atoms with Gasteiger partial charge in [-0.05, 0) is 42.3 Å². The van der Waals surface area contributed by atoms with Crippen LogP contribution in [0.2, 0.25) is 0 Å². The fourth-order valence-corrected chi connectivity index (χ4v) is 4.86. The Hall–Kier alpha value is -3.72. The molecule has 0 aromatic heterocycles. The molecule has 1 atom stereocenters. The van der Waals surface area contributed by atoms with Crippen molar-refractivity contribution in [2.45, 2.75) is 23.8 Å². The average Bonchev–Trinajstić information content (AvgIpc) is 2.85. The van der Waals surface area contributed by atoms with Crippen molar-refractivity contribution in [3.8, 4) is 17.2 Å². The van der Waals surface area contributed by atoms with Crippen molar-refractivity contribution in [1.29, 1.82) is 0 Å². The maximum absolute atomic E-state index is 13.6. The van der Waals surface area contributed by atoms with Crippen LogP contribution >= 0.6 is 0 Å². The van der Waals surface area contributed by atoms with Gasteiger partial charge in [0.1, 0.15) is 6.61 Å². The van der Waals surface area contributed by atoms with E-state index in [2.05, 4.69) is 5.32 Å². The number of carbonyl (C=O) groups excluding carboxylic acids is 1. The van der Waals surface area contributed by atoms with E-state index in [-0.39, 0.29) is 28.6 Å². The monoisotopic (exact) mass is 485 g/mol. The summed E-state index contributed by atoms with van der Waals surface area (Å²) >= 11 is 0. The van der Waals surface area contributed by atoms with Crippen LogP contribution in [0.1, 0.15) is 22.1 Å². The maximum Gasteiger partial charge on any atom is 0.408 e. The fourth-order valence-electron chi connectivity index (χ4n) is 3.33. The van der Waals surface area contributed by atoms with E-state index < -0.39 is 21.3 Å². The van der Waals surface area contributed by atoms with E-state index in [0.29, 0.717) is 5.75 Å². The van der Waals surface area contributed by atoms with Gasteiger partial charge in [-0.3, -0.25) is 0 Å². The van der Waals surface area contributed by atoms with Gasteiger partial charge in [0.05, 0.1) is 26.2 Å². The molecule has 3 aromatic rings. The Morgan fingerprint density at radius 2 is 1.47 bits per heavy atom. The van der Waals surface area contributed by atoms with Crippen molar-refractivity contribution in [2.24, 2.45) is 0 Å². The third-order valence-corrected chi connectivity index (χ3v) is 7.05. The SMILES string of the molecule is COc1cc(C(NC(=O)OCc2ccccc2)S(=O)(=O)c2ccc(C)cc2)cc(OC)c1OC. The predicted octanol–water partition coefficient (Wildman–Crippen LogP) is 4.42. The highest BCUT2D eigenvalue weighted by Crippen LogP contribution is 2.41. The van der Waals surface area contributed by atoms with E-state index in [9.17, 15) is 13.2 Å². The number of rotatable bonds is 9. The van der Waals surface area contributed by atoms with Gasteiger partial charge in [-0.2, -0.15) is 0 Å². The minimum absolute atomic E-state index is 0.0147. The molecule has 0 heterocycles. The molecule has 1 unspecified atom stereocenters. The lowest BCUT2D eigenvalue weighted by Gasteiger charge is -2.22. The summed E-state index contributed by atoms with van der Waals surface area (Å²) < 4.78 is 48.6. The number of benzene rings is 3. The Morgan fingerprint density at radius 1 is 0.882 bits per heavy atom. The largest absolute Gasteiger partial charge is 0.493 e. The van der Waals surface area contributed by atoms with Crippen molar-refractivity contribution in [1.82, 2.24) is 5.32 Å². The van der Waals surface area contributed by atoms with Crippen LogP contribution in [0, 0.1) is 6.92 Å². The Labute approximate surface area is 199 Å².